The van der Waals surface area contributed by atoms with Gasteiger partial charge in [-0.05, 0) is 47.8 Å². The van der Waals surface area contributed by atoms with Crippen LogP contribution in [0.5, 0.6) is 0 Å². The van der Waals surface area contributed by atoms with E-state index in [4.69, 9.17) is 16.3 Å². The number of benzene rings is 2. The zero-order chi connectivity index (χ0) is 23.4. The molecule has 0 saturated carbocycles. The quantitative estimate of drug-likeness (QED) is 0.298. The number of amides is 2. The standard InChI is InChI=1S/C24H19ClN2O5S/c25-19-6-2-1-5-18(19)21(28)14-32-24(31)15-7-9-16(10-8-15)27-22(29)12-20(23(27)30)26-13-17-4-3-11-33-17/h1-11,20,26H,12-14H2. The molecule has 1 aromatic heterocycles. The van der Waals surface area contributed by atoms with Crippen LogP contribution >= 0.6 is 22.9 Å². The second kappa shape index (κ2) is 10.1. The van der Waals surface area contributed by atoms with Crippen molar-refractivity contribution in [1.82, 2.24) is 5.32 Å². The van der Waals surface area contributed by atoms with Crippen molar-refractivity contribution in [2.75, 3.05) is 11.5 Å². The van der Waals surface area contributed by atoms with Gasteiger partial charge in [0.2, 0.25) is 11.7 Å². The Labute approximate surface area is 198 Å². The summed E-state index contributed by atoms with van der Waals surface area (Å²) in [6.07, 6.45) is 0.0676. The Morgan fingerprint density at radius 1 is 1.06 bits per heavy atom. The second-order valence-electron chi connectivity index (χ2n) is 7.31. The third-order valence-electron chi connectivity index (χ3n) is 5.12. The van der Waals surface area contributed by atoms with Crippen LogP contribution in [0.4, 0.5) is 5.69 Å². The van der Waals surface area contributed by atoms with E-state index in [-0.39, 0.29) is 34.4 Å². The number of thiophene rings is 1. The summed E-state index contributed by atoms with van der Waals surface area (Å²) in [4.78, 5) is 51.9. The number of nitrogens with zero attached hydrogens (tertiary/aromatic N) is 1. The van der Waals surface area contributed by atoms with Gasteiger partial charge in [-0.3, -0.25) is 14.4 Å². The van der Waals surface area contributed by atoms with Gasteiger partial charge in [0.15, 0.2) is 6.61 Å². The third kappa shape index (κ3) is 5.19. The lowest BCUT2D eigenvalue weighted by Gasteiger charge is -2.16. The number of anilines is 1. The largest absolute Gasteiger partial charge is 0.454 e. The normalized spacial score (nSPS) is 15.7. The van der Waals surface area contributed by atoms with Gasteiger partial charge in [0.25, 0.3) is 5.91 Å². The number of carbonyl (C=O) groups is 4. The maximum Gasteiger partial charge on any atom is 0.338 e. The molecule has 168 valence electrons. The highest BCUT2D eigenvalue weighted by Gasteiger charge is 2.39. The van der Waals surface area contributed by atoms with Crippen molar-refractivity contribution in [3.05, 3.63) is 87.1 Å². The lowest BCUT2D eigenvalue weighted by molar-refractivity contribution is -0.121. The van der Waals surface area contributed by atoms with Crippen molar-refractivity contribution in [3.63, 3.8) is 0 Å². The molecule has 33 heavy (non-hydrogen) atoms. The molecule has 9 heteroatoms. The molecular formula is C24H19ClN2O5S. The molecular weight excluding hydrogens is 464 g/mol. The number of Topliss-reactive ketones (excluding diaryl/α,β-unsaturated/α-hetero) is 1. The SMILES string of the molecule is O=C(OCC(=O)c1ccccc1Cl)c1ccc(N2C(=O)CC(NCc3cccs3)C2=O)cc1. The minimum Gasteiger partial charge on any atom is -0.454 e. The number of ketones is 1. The van der Waals surface area contributed by atoms with Gasteiger partial charge in [-0.2, -0.15) is 0 Å². The second-order valence-corrected chi connectivity index (χ2v) is 8.75. The van der Waals surface area contributed by atoms with Gasteiger partial charge in [-0.25, -0.2) is 9.69 Å². The smallest absolute Gasteiger partial charge is 0.338 e. The molecule has 0 aliphatic carbocycles. The fourth-order valence-corrected chi connectivity index (χ4v) is 4.32. The number of hydrogen-bond donors (Lipinski definition) is 1. The fourth-order valence-electron chi connectivity index (χ4n) is 3.43. The molecule has 1 saturated heterocycles. The summed E-state index contributed by atoms with van der Waals surface area (Å²) in [5, 5.41) is 5.35. The zero-order valence-electron chi connectivity index (χ0n) is 17.3. The molecule has 1 aliphatic heterocycles. The van der Waals surface area contributed by atoms with Crippen LogP contribution in [-0.2, 0) is 20.9 Å². The first-order valence-electron chi connectivity index (χ1n) is 10.1. The van der Waals surface area contributed by atoms with E-state index in [9.17, 15) is 19.2 Å². The Bertz CT molecular complexity index is 1190. The van der Waals surface area contributed by atoms with Crippen molar-refractivity contribution in [2.24, 2.45) is 0 Å². The van der Waals surface area contributed by atoms with Crippen LogP contribution in [0.15, 0.2) is 66.0 Å². The maximum atomic E-state index is 12.7. The van der Waals surface area contributed by atoms with Crippen molar-refractivity contribution in [1.29, 1.82) is 0 Å². The van der Waals surface area contributed by atoms with E-state index in [1.807, 2.05) is 17.5 Å². The van der Waals surface area contributed by atoms with E-state index >= 15 is 0 Å². The average molecular weight is 483 g/mol. The predicted octanol–water partition coefficient (Wildman–Crippen LogP) is 3.86. The zero-order valence-corrected chi connectivity index (χ0v) is 18.9. The molecule has 0 radical (unpaired) electrons. The first-order valence-corrected chi connectivity index (χ1v) is 11.4. The number of halogens is 1. The van der Waals surface area contributed by atoms with Crippen molar-refractivity contribution >= 4 is 52.2 Å². The molecule has 1 fully saturated rings. The van der Waals surface area contributed by atoms with Gasteiger partial charge in [-0.15, -0.1) is 11.3 Å². The summed E-state index contributed by atoms with van der Waals surface area (Å²) in [6.45, 7) is 0.0535. The van der Waals surface area contributed by atoms with Crippen LogP contribution < -0.4 is 10.2 Å². The number of imide groups is 1. The highest BCUT2D eigenvalue weighted by molar-refractivity contribution is 7.09. The van der Waals surface area contributed by atoms with E-state index in [0.717, 1.165) is 9.78 Å². The molecule has 1 unspecified atom stereocenters. The van der Waals surface area contributed by atoms with Gasteiger partial charge in [0.05, 0.1) is 28.7 Å². The van der Waals surface area contributed by atoms with Crippen LogP contribution in [0.3, 0.4) is 0 Å². The predicted molar refractivity (Wildman–Crippen MR) is 125 cm³/mol. The Kier molecular flexibility index (Phi) is 6.98. The molecule has 0 bridgehead atoms. The molecule has 2 aromatic carbocycles. The molecule has 7 nitrogen and oxygen atoms in total. The summed E-state index contributed by atoms with van der Waals surface area (Å²) in [6, 6.07) is 15.7. The van der Waals surface area contributed by atoms with E-state index in [1.54, 1.807) is 35.6 Å². The fraction of sp³-hybridized carbons (Fsp3) is 0.167. The third-order valence-corrected chi connectivity index (χ3v) is 6.33. The van der Waals surface area contributed by atoms with Gasteiger partial charge in [0, 0.05) is 17.0 Å². The number of hydrogen-bond acceptors (Lipinski definition) is 7. The molecule has 2 heterocycles. The summed E-state index contributed by atoms with van der Waals surface area (Å²) in [5.41, 5.74) is 0.835. The van der Waals surface area contributed by atoms with Crippen LogP contribution in [-0.4, -0.2) is 36.2 Å². The van der Waals surface area contributed by atoms with Gasteiger partial charge in [-0.1, -0.05) is 29.8 Å². The Balaban J connectivity index is 1.35. The lowest BCUT2D eigenvalue weighted by Crippen LogP contribution is -2.38. The van der Waals surface area contributed by atoms with Crippen LogP contribution in [0.2, 0.25) is 5.02 Å². The number of esters is 1. The Morgan fingerprint density at radius 3 is 2.52 bits per heavy atom. The van der Waals surface area contributed by atoms with Gasteiger partial charge < -0.3 is 10.1 Å². The molecule has 1 atom stereocenters. The summed E-state index contributed by atoms with van der Waals surface area (Å²) >= 11 is 7.56. The molecule has 1 aliphatic rings. The highest BCUT2D eigenvalue weighted by Crippen LogP contribution is 2.24. The minimum absolute atomic E-state index is 0.0676. The number of nitrogens with one attached hydrogen (secondary N) is 1. The van der Waals surface area contributed by atoms with Crippen molar-refractivity contribution < 1.29 is 23.9 Å². The monoisotopic (exact) mass is 482 g/mol. The lowest BCUT2D eigenvalue weighted by atomic mass is 10.1. The minimum atomic E-state index is -0.698. The summed E-state index contributed by atoms with van der Waals surface area (Å²) in [5.74, 6) is -1.77. The molecule has 4 rings (SSSR count). The number of rotatable bonds is 8. The Morgan fingerprint density at radius 2 is 1.82 bits per heavy atom. The molecule has 3 aromatic rings. The van der Waals surface area contributed by atoms with E-state index in [1.165, 1.54) is 24.3 Å². The van der Waals surface area contributed by atoms with E-state index in [2.05, 4.69) is 5.32 Å². The molecule has 2 amide bonds. The number of carbonyl (C=O) groups excluding carboxylic acids is 4. The summed E-state index contributed by atoms with van der Waals surface area (Å²) in [7, 11) is 0. The van der Waals surface area contributed by atoms with Crippen molar-refractivity contribution in [2.45, 2.75) is 19.0 Å². The van der Waals surface area contributed by atoms with Crippen LogP contribution in [0.1, 0.15) is 32.0 Å². The van der Waals surface area contributed by atoms with E-state index < -0.39 is 24.4 Å². The van der Waals surface area contributed by atoms with Crippen molar-refractivity contribution in [3.8, 4) is 0 Å². The van der Waals surface area contributed by atoms with Crippen LogP contribution in [0.25, 0.3) is 0 Å². The Hall–Kier alpha value is -3.33. The number of ether oxygens (including phenoxy) is 1. The van der Waals surface area contributed by atoms with Gasteiger partial charge >= 0.3 is 5.97 Å². The average Bonchev–Trinajstić information content (AvgIpc) is 3.43. The first-order chi connectivity index (χ1) is 15.9. The maximum absolute atomic E-state index is 12.7. The van der Waals surface area contributed by atoms with Gasteiger partial charge in [0.1, 0.15) is 0 Å². The van der Waals surface area contributed by atoms with E-state index in [0.29, 0.717) is 12.2 Å². The molecule has 1 N–H and O–H groups in total. The highest BCUT2D eigenvalue weighted by atomic mass is 35.5. The first kappa shape index (κ1) is 22.8. The summed E-state index contributed by atoms with van der Waals surface area (Å²) < 4.78 is 5.09. The molecule has 0 spiro atoms. The van der Waals surface area contributed by atoms with Crippen LogP contribution in [0, 0.1) is 0 Å². The topological polar surface area (TPSA) is 92.8 Å².